The minimum Gasteiger partial charge on any atom is -0.346 e. The third-order valence-corrected chi connectivity index (χ3v) is 6.38. The van der Waals surface area contributed by atoms with Crippen LogP contribution in [0.25, 0.3) is 0 Å². The predicted molar refractivity (Wildman–Crippen MR) is 71.2 cm³/mol. The van der Waals surface area contributed by atoms with Gasteiger partial charge in [-0.25, -0.2) is 8.42 Å². The number of halogens is 1. The highest BCUT2D eigenvalue weighted by Gasteiger charge is 2.39. The Bertz CT molecular complexity index is 552. The second kappa shape index (κ2) is 4.37. The molecular weight excluding hydrogens is 326 g/mol. The number of rotatable bonds is 2. The zero-order valence-corrected chi connectivity index (χ0v) is 12.4. The first-order valence-corrected chi connectivity index (χ1v) is 8.62. The van der Waals surface area contributed by atoms with Gasteiger partial charge in [0.15, 0.2) is 9.84 Å². The van der Waals surface area contributed by atoms with Gasteiger partial charge in [0.25, 0.3) is 5.91 Å². The van der Waals surface area contributed by atoms with Crippen LogP contribution in [0.4, 0.5) is 0 Å². The molecule has 0 aromatic carbocycles. The standard InChI is InChI=1S/C10H12BrNO3S2/c1-10(2-3-17(14,15)6-10)12-9(13)7-4-16-5-8(7)11/h4-5H,2-3,6H2,1H3,(H,12,13). The van der Waals surface area contributed by atoms with Crippen LogP contribution < -0.4 is 5.32 Å². The molecule has 1 aliphatic rings. The number of hydrogen-bond donors (Lipinski definition) is 1. The van der Waals surface area contributed by atoms with E-state index in [-0.39, 0.29) is 17.4 Å². The van der Waals surface area contributed by atoms with E-state index in [9.17, 15) is 13.2 Å². The molecule has 0 spiro atoms. The largest absolute Gasteiger partial charge is 0.346 e. The van der Waals surface area contributed by atoms with Crippen LogP contribution in [0.3, 0.4) is 0 Å². The molecule has 1 aliphatic heterocycles. The molecule has 2 heterocycles. The molecule has 2 rings (SSSR count). The Kier molecular flexibility index (Phi) is 3.35. The van der Waals surface area contributed by atoms with Crippen molar-refractivity contribution in [1.82, 2.24) is 5.32 Å². The fourth-order valence-electron chi connectivity index (χ4n) is 1.89. The Hall–Kier alpha value is -0.400. The first kappa shape index (κ1) is 13.0. The van der Waals surface area contributed by atoms with E-state index in [2.05, 4.69) is 21.2 Å². The minimum absolute atomic E-state index is 0.0213. The second-order valence-electron chi connectivity index (χ2n) is 4.49. The highest BCUT2D eigenvalue weighted by atomic mass is 79.9. The van der Waals surface area contributed by atoms with Crippen molar-refractivity contribution < 1.29 is 13.2 Å². The smallest absolute Gasteiger partial charge is 0.253 e. The van der Waals surface area contributed by atoms with Gasteiger partial charge in [-0.05, 0) is 29.3 Å². The van der Waals surface area contributed by atoms with Crippen LogP contribution in [0, 0.1) is 0 Å². The van der Waals surface area contributed by atoms with E-state index in [0.29, 0.717) is 12.0 Å². The van der Waals surface area contributed by atoms with Gasteiger partial charge >= 0.3 is 0 Å². The van der Waals surface area contributed by atoms with Gasteiger partial charge in [-0.2, -0.15) is 11.3 Å². The Morgan fingerprint density at radius 3 is 2.71 bits per heavy atom. The maximum absolute atomic E-state index is 12.0. The van der Waals surface area contributed by atoms with E-state index in [1.165, 1.54) is 11.3 Å². The number of nitrogens with one attached hydrogen (secondary N) is 1. The molecule has 0 bridgehead atoms. The van der Waals surface area contributed by atoms with E-state index in [1.807, 2.05) is 5.38 Å². The average molecular weight is 338 g/mol. The molecule has 4 nitrogen and oxygen atoms in total. The van der Waals surface area contributed by atoms with Gasteiger partial charge in [-0.15, -0.1) is 0 Å². The molecule has 1 saturated heterocycles. The van der Waals surface area contributed by atoms with Gasteiger partial charge in [0.1, 0.15) is 0 Å². The molecule has 17 heavy (non-hydrogen) atoms. The van der Waals surface area contributed by atoms with Crippen LogP contribution >= 0.6 is 27.3 Å². The van der Waals surface area contributed by atoms with E-state index in [4.69, 9.17) is 0 Å². The lowest BCUT2D eigenvalue weighted by Crippen LogP contribution is -2.46. The summed E-state index contributed by atoms with van der Waals surface area (Å²) in [4.78, 5) is 12.0. The van der Waals surface area contributed by atoms with Crippen molar-refractivity contribution in [3.63, 3.8) is 0 Å². The number of carbonyl (C=O) groups is 1. The van der Waals surface area contributed by atoms with Gasteiger partial charge < -0.3 is 5.32 Å². The number of carbonyl (C=O) groups excluding carboxylic acids is 1. The summed E-state index contributed by atoms with van der Waals surface area (Å²) in [6.45, 7) is 1.77. The molecule has 94 valence electrons. The SMILES string of the molecule is CC1(NC(=O)c2cscc2Br)CCS(=O)(=O)C1. The highest BCUT2D eigenvalue weighted by molar-refractivity contribution is 9.10. The van der Waals surface area contributed by atoms with Crippen molar-refractivity contribution in [2.75, 3.05) is 11.5 Å². The topological polar surface area (TPSA) is 63.2 Å². The summed E-state index contributed by atoms with van der Waals surface area (Å²) in [6.07, 6.45) is 0.475. The van der Waals surface area contributed by atoms with Crippen molar-refractivity contribution in [2.45, 2.75) is 18.9 Å². The third-order valence-electron chi connectivity index (χ3n) is 2.78. The van der Waals surface area contributed by atoms with Crippen molar-refractivity contribution in [3.8, 4) is 0 Å². The molecule has 1 aromatic heterocycles. The summed E-state index contributed by atoms with van der Waals surface area (Å²) in [7, 11) is -3.00. The predicted octanol–water partition coefficient (Wildman–Crippen LogP) is 1.82. The maximum atomic E-state index is 12.0. The van der Waals surface area contributed by atoms with Crippen LogP contribution in [0.15, 0.2) is 15.2 Å². The number of sulfone groups is 1. The minimum atomic E-state index is -3.00. The van der Waals surface area contributed by atoms with Crippen LogP contribution in [0.5, 0.6) is 0 Å². The molecule has 1 unspecified atom stereocenters. The van der Waals surface area contributed by atoms with Crippen LogP contribution in [0.1, 0.15) is 23.7 Å². The zero-order chi connectivity index (χ0) is 12.7. The monoisotopic (exact) mass is 337 g/mol. The maximum Gasteiger partial charge on any atom is 0.253 e. The van der Waals surface area contributed by atoms with Crippen LogP contribution in [-0.4, -0.2) is 31.4 Å². The number of hydrogen-bond acceptors (Lipinski definition) is 4. The van der Waals surface area contributed by atoms with E-state index >= 15 is 0 Å². The van der Waals surface area contributed by atoms with Gasteiger partial charge in [-0.1, -0.05) is 0 Å². The van der Waals surface area contributed by atoms with Gasteiger partial charge in [0.2, 0.25) is 0 Å². The summed E-state index contributed by atoms with van der Waals surface area (Å²) in [5.41, 5.74) is -0.0855. The first-order valence-electron chi connectivity index (χ1n) is 5.06. The Morgan fingerprint density at radius 1 is 1.53 bits per heavy atom. The fraction of sp³-hybridized carbons (Fsp3) is 0.500. The quantitative estimate of drug-likeness (QED) is 0.895. The Balaban J connectivity index is 2.13. The van der Waals surface area contributed by atoms with Gasteiger partial charge in [0.05, 0.1) is 22.6 Å². The average Bonchev–Trinajstić information content (AvgIpc) is 2.70. The van der Waals surface area contributed by atoms with Crippen molar-refractivity contribution in [2.24, 2.45) is 0 Å². The molecular formula is C10H12BrNO3S2. The molecule has 1 amide bonds. The van der Waals surface area contributed by atoms with Crippen LogP contribution in [0.2, 0.25) is 0 Å². The molecule has 0 saturated carbocycles. The molecule has 0 aliphatic carbocycles. The van der Waals surface area contributed by atoms with Crippen molar-refractivity contribution in [3.05, 3.63) is 20.8 Å². The Labute approximate surface area is 112 Å². The molecule has 1 aromatic rings. The van der Waals surface area contributed by atoms with E-state index in [0.717, 1.165) is 4.47 Å². The van der Waals surface area contributed by atoms with E-state index < -0.39 is 15.4 Å². The summed E-state index contributed by atoms with van der Waals surface area (Å²) in [5, 5.41) is 6.38. The zero-order valence-electron chi connectivity index (χ0n) is 9.20. The summed E-state index contributed by atoms with van der Waals surface area (Å²) in [5.74, 6) is -0.0556. The molecule has 7 heteroatoms. The number of thiophene rings is 1. The summed E-state index contributed by atoms with van der Waals surface area (Å²) < 4.78 is 23.6. The van der Waals surface area contributed by atoms with Crippen molar-refractivity contribution >= 4 is 43.0 Å². The third kappa shape index (κ3) is 2.89. The lowest BCUT2D eigenvalue weighted by atomic mass is 10.0. The van der Waals surface area contributed by atoms with Crippen LogP contribution in [-0.2, 0) is 9.84 Å². The highest BCUT2D eigenvalue weighted by Crippen LogP contribution is 2.26. The Morgan fingerprint density at radius 2 is 2.24 bits per heavy atom. The fourth-order valence-corrected chi connectivity index (χ4v) is 5.44. The molecule has 1 atom stereocenters. The van der Waals surface area contributed by atoms with Gasteiger partial charge in [-0.3, -0.25) is 4.79 Å². The molecule has 1 N–H and O–H groups in total. The van der Waals surface area contributed by atoms with Crippen molar-refractivity contribution in [1.29, 1.82) is 0 Å². The summed E-state index contributed by atoms with van der Waals surface area (Å²) in [6, 6.07) is 0. The van der Waals surface area contributed by atoms with E-state index in [1.54, 1.807) is 12.3 Å². The first-order chi connectivity index (χ1) is 7.81. The second-order valence-corrected chi connectivity index (χ2v) is 8.27. The normalized spacial score (nSPS) is 26.9. The van der Waals surface area contributed by atoms with Gasteiger partial charge in [0, 0.05) is 15.2 Å². The lowest BCUT2D eigenvalue weighted by Gasteiger charge is -2.23. The molecule has 1 fully saturated rings. The molecule has 0 radical (unpaired) electrons. The lowest BCUT2D eigenvalue weighted by molar-refractivity contribution is 0.0915. The number of amides is 1. The summed E-state index contributed by atoms with van der Waals surface area (Å²) >= 11 is 4.71.